The first-order chi connectivity index (χ1) is 16.3. The molecule has 0 N–H and O–H groups in total. The van der Waals surface area contributed by atoms with Gasteiger partial charge in [-0.25, -0.2) is 9.37 Å². The van der Waals surface area contributed by atoms with Crippen molar-refractivity contribution in [3.8, 4) is 17.1 Å². The van der Waals surface area contributed by atoms with Gasteiger partial charge in [-0.3, -0.25) is 9.55 Å². The van der Waals surface area contributed by atoms with E-state index in [0.29, 0.717) is 11.2 Å². The molecule has 3 heterocycles. The van der Waals surface area contributed by atoms with Crippen LogP contribution in [0.2, 0.25) is 0 Å². The Morgan fingerprint density at radius 1 is 0.758 bits per heavy atom. The van der Waals surface area contributed by atoms with Crippen LogP contribution in [0.25, 0.3) is 61.0 Å². The van der Waals surface area contributed by atoms with Crippen LogP contribution in [-0.4, -0.2) is 14.5 Å². The molecule has 0 aliphatic heterocycles. The van der Waals surface area contributed by atoms with E-state index in [1.807, 2.05) is 79.0 Å². The number of nitrogens with zero attached hydrogens (tertiary/aromatic N) is 3. The van der Waals surface area contributed by atoms with Gasteiger partial charge in [0.2, 0.25) is 0 Å². The number of pyridine rings is 1. The molecule has 156 valence electrons. The second-order valence-electron chi connectivity index (χ2n) is 8.04. The van der Waals surface area contributed by atoms with Gasteiger partial charge < -0.3 is 4.42 Å². The van der Waals surface area contributed by atoms with Crippen LogP contribution in [0.5, 0.6) is 0 Å². The SMILES string of the molecule is Fc1ccc2c(c1)oc1c(-c3nc4c5ccccc5ncc4n3-c3ccccc3)cccc12. The summed E-state index contributed by atoms with van der Waals surface area (Å²) in [5, 5.41) is 2.80. The van der Waals surface area contributed by atoms with Gasteiger partial charge in [-0.05, 0) is 36.4 Å². The maximum absolute atomic E-state index is 13.9. The second kappa shape index (κ2) is 6.74. The third kappa shape index (κ3) is 2.62. The minimum atomic E-state index is -0.322. The molecule has 7 rings (SSSR count). The molecule has 0 unspecified atom stereocenters. The summed E-state index contributed by atoms with van der Waals surface area (Å²) in [5.41, 5.74) is 5.70. The quantitative estimate of drug-likeness (QED) is 0.290. The topological polar surface area (TPSA) is 43.9 Å². The van der Waals surface area contributed by atoms with Crippen molar-refractivity contribution < 1.29 is 8.81 Å². The summed E-state index contributed by atoms with van der Waals surface area (Å²) in [6.45, 7) is 0. The van der Waals surface area contributed by atoms with Gasteiger partial charge in [-0.1, -0.05) is 48.5 Å². The number of imidazole rings is 1. The predicted molar refractivity (Wildman–Crippen MR) is 129 cm³/mol. The smallest absolute Gasteiger partial charge is 0.149 e. The molecule has 0 saturated heterocycles. The first-order valence-corrected chi connectivity index (χ1v) is 10.7. The summed E-state index contributed by atoms with van der Waals surface area (Å²) in [4.78, 5) is 9.80. The fraction of sp³-hybridized carbons (Fsp3) is 0. The van der Waals surface area contributed by atoms with Gasteiger partial charge in [-0.15, -0.1) is 0 Å². The first kappa shape index (κ1) is 18.1. The minimum absolute atomic E-state index is 0.322. The maximum Gasteiger partial charge on any atom is 0.149 e. The van der Waals surface area contributed by atoms with E-state index in [1.54, 1.807) is 6.07 Å². The normalized spacial score (nSPS) is 11.8. The van der Waals surface area contributed by atoms with E-state index in [2.05, 4.69) is 9.55 Å². The van der Waals surface area contributed by atoms with Crippen molar-refractivity contribution in [3.05, 3.63) is 103 Å². The van der Waals surface area contributed by atoms with Gasteiger partial charge in [-0.2, -0.15) is 0 Å². The van der Waals surface area contributed by atoms with E-state index >= 15 is 0 Å². The van der Waals surface area contributed by atoms with Crippen molar-refractivity contribution in [2.75, 3.05) is 0 Å². The molecule has 0 aliphatic carbocycles. The van der Waals surface area contributed by atoms with E-state index in [-0.39, 0.29) is 5.82 Å². The molecule has 4 nitrogen and oxygen atoms in total. The Kier molecular flexibility index (Phi) is 3.70. The lowest BCUT2D eigenvalue weighted by Crippen LogP contribution is -1.97. The van der Waals surface area contributed by atoms with Gasteiger partial charge in [0, 0.05) is 27.9 Å². The highest BCUT2D eigenvalue weighted by molar-refractivity contribution is 6.10. The fourth-order valence-electron chi connectivity index (χ4n) is 4.63. The Labute approximate surface area is 187 Å². The van der Waals surface area contributed by atoms with E-state index in [1.165, 1.54) is 12.1 Å². The molecule has 0 bridgehead atoms. The van der Waals surface area contributed by atoms with Crippen LogP contribution in [-0.2, 0) is 0 Å². The lowest BCUT2D eigenvalue weighted by atomic mass is 10.1. The summed E-state index contributed by atoms with van der Waals surface area (Å²) in [5.74, 6) is 0.427. The zero-order valence-electron chi connectivity index (χ0n) is 17.4. The Hall–Kier alpha value is -4.51. The van der Waals surface area contributed by atoms with Crippen molar-refractivity contribution in [2.24, 2.45) is 0 Å². The van der Waals surface area contributed by atoms with Crippen LogP contribution >= 0.6 is 0 Å². The standard InChI is InChI=1S/C28H16FN3O/c29-17-13-14-19-20-10-6-11-22(27(20)33-25(19)15-17)28-31-26-21-9-4-5-12-23(21)30-16-24(26)32(28)18-7-2-1-3-8-18/h1-16H. The third-order valence-electron chi connectivity index (χ3n) is 6.11. The molecule has 0 aliphatic rings. The summed E-state index contributed by atoms with van der Waals surface area (Å²) < 4.78 is 22.2. The molecule has 7 aromatic rings. The molecule has 0 atom stereocenters. The molecule has 0 radical (unpaired) electrons. The third-order valence-corrected chi connectivity index (χ3v) is 6.11. The number of fused-ring (bicyclic) bond motifs is 6. The van der Waals surface area contributed by atoms with E-state index < -0.39 is 0 Å². The Morgan fingerprint density at radius 3 is 2.48 bits per heavy atom. The zero-order chi connectivity index (χ0) is 21.9. The molecular formula is C28H16FN3O. The van der Waals surface area contributed by atoms with Crippen molar-refractivity contribution in [3.63, 3.8) is 0 Å². The highest BCUT2D eigenvalue weighted by Crippen LogP contribution is 2.38. The Balaban J connectivity index is 1.63. The fourth-order valence-corrected chi connectivity index (χ4v) is 4.63. The summed E-state index contributed by atoms with van der Waals surface area (Å²) in [7, 11) is 0. The number of halogens is 1. The van der Waals surface area contributed by atoms with Crippen molar-refractivity contribution in [1.29, 1.82) is 0 Å². The minimum Gasteiger partial charge on any atom is -0.455 e. The number of furan rings is 1. The van der Waals surface area contributed by atoms with Crippen LogP contribution in [0, 0.1) is 5.82 Å². The van der Waals surface area contributed by atoms with E-state index in [9.17, 15) is 4.39 Å². The van der Waals surface area contributed by atoms with Gasteiger partial charge in [0.05, 0.1) is 22.8 Å². The number of aromatic nitrogens is 3. The van der Waals surface area contributed by atoms with Gasteiger partial charge >= 0.3 is 0 Å². The Bertz CT molecular complexity index is 1830. The molecule has 0 spiro atoms. The van der Waals surface area contributed by atoms with Crippen molar-refractivity contribution in [1.82, 2.24) is 14.5 Å². The van der Waals surface area contributed by atoms with Crippen LogP contribution in [0.4, 0.5) is 4.39 Å². The molecule has 33 heavy (non-hydrogen) atoms. The molecule has 0 amide bonds. The number of para-hydroxylation sites is 3. The maximum atomic E-state index is 13.9. The molecule has 0 saturated carbocycles. The second-order valence-corrected chi connectivity index (χ2v) is 8.04. The molecule has 0 fully saturated rings. The highest BCUT2D eigenvalue weighted by Gasteiger charge is 2.21. The lowest BCUT2D eigenvalue weighted by molar-refractivity contribution is 0.618. The number of hydrogen-bond donors (Lipinski definition) is 0. The van der Waals surface area contributed by atoms with Gasteiger partial charge in [0.1, 0.15) is 28.3 Å². The lowest BCUT2D eigenvalue weighted by Gasteiger charge is -2.09. The largest absolute Gasteiger partial charge is 0.455 e. The molecule has 5 heteroatoms. The average Bonchev–Trinajstić information content (AvgIpc) is 3.42. The molecular weight excluding hydrogens is 413 g/mol. The van der Waals surface area contributed by atoms with E-state index in [4.69, 9.17) is 9.40 Å². The van der Waals surface area contributed by atoms with Crippen LogP contribution in [0.15, 0.2) is 102 Å². The van der Waals surface area contributed by atoms with E-state index in [0.717, 1.165) is 49.8 Å². The van der Waals surface area contributed by atoms with Gasteiger partial charge in [0.15, 0.2) is 0 Å². The van der Waals surface area contributed by atoms with Crippen LogP contribution in [0.1, 0.15) is 0 Å². The number of rotatable bonds is 2. The van der Waals surface area contributed by atoms with Crippen molar-refractivity contribution in [2.45, 2.75) is 0 Å². The predicted octanol–water partition coefficient (Wildman–Crippen LogP) is 7.28. The zero-order valence-corrected chi connectivity index (χ0v) is 17.4. The summed E-state index contributed by atoms with van der Waals surface area (Å²) in [6.07, 6.45) is 1.87. The Morgan fingerprint density at radius 2 is 1.58 bits per heavy atom. The van der Waals surface area contributed by atoms with Crippen molar-refractivity contribution >= 4 is 43.9 Å². The summed E-state index contributed by atoms with van der Waals surface area (Å²) in [6, 6.07) is 28.7. The number of benzene rings is 4. The van der Waals surface area contributed by atoms with Gasteiger partial charge in [0.25, 0.3) is 0 Å². The molecule has 4 aromatic carbocycles. The monoisotopic (exact) mass is 429 g/mol. The number of hydrogen-bond acceptors (Lipinski definition) is 3. The highest BCUT2D eigenvalue weighted by atomic mass is 19.1. The average molecular weight is 429 g/mol. The first-order valence-electron chi connectivity index (χ1n) is 10.7. The van der Waals surface area contributed by atoms with Crippen LogP contribution in [0.3, 0.4) is 0 Å². The molecule has 3 aromatic heterocycles. The summed E-state index contributed by atoms with van der Waals surface area (Å²) >= 11 is 0. The van der Waals surface area contributed by atoms with Crippen LogP contribution < -0.4 is 0 Å².